The number of amides is 2. The van der Waals surface area contributed by atoms with Crippen molar-refractivity contribution in [2.24, 2.45) is 0 Å². The highest BCUT2D eigenvalue weighted by atomic mass is 16.6. The Morgan fingerprint density at radius 3 is 2.13 bits per heavy atom. The van der Waals surface area contributed by atoms with Crippen LogP contribution in [0.15, 0.2) is 42.5 Å². The number of nitrogens with zero attached hydrogens (tertiary/aromatic N) is 1. The third kappa shape index (κ3) is 3.70. The maximum Gasteiger partial charge on any atom is 0.314 e. The van der Waals surface area contributed by atoms with Gasteiger partial charge in [0.2, 0.25) is 0 Å². The van der Waals surface area contributed by atoms with Crippen molar-refractivity contribution in [2.45, 2.75) is 13.8 Å². The molecule has 2 amide bonds. The summed E-state index contributed by atoms with van der Waals surface area (Å²) in [6, 6.07) is 10.9. The Hall–Kier alpha value is -3.22. The smallest absolute Gasteiger partial charge is 0.314 e. The molecule has 0 aliphatic carbocycles. The van der Waals surface area contributed by atoms with Crippen LogP contribution < -0.4 is 10.6 Å². The molecule has 23 heavy (non-hydrogen) atoms. The first-order valence-corrected chi connectivity index (χ1v) is 6.82. The van der Waals surface area contributed by atoms with Crippen molar-refractivity contribution < 1.29 is 14.5 Å². The number of hydrogen-bond donors (Lipinski definition) is 2. The maximum absolute atomic E-state index is 12.0. The van der Waals surface area contributed by atoms with Crippen molar-refractivity contribution in [2.75, 3.05) is 10.6 Å². The highest BCUT2D eigenvalue weighted by Crippen LogP contribution is 2.23. The molecule has 0 atom stereocenters. The third-order valence-electron chi connectivity index (χ3n) is 3.41. The first-order chi connectivity index (χ1) is 10.9. The molecule has 0 unspecified atom stereocenters. The lowest BCUT2D eigenvalue weighted by atomic mass is 10.1. The van der Waals surface area contributed by atoms with Gasteiger partial charge in [-0.1, -0.05) is 24.3 Å². The molecule has 0 bridgehead atoms. The summed E-state index contributed by atoms with van der Waals surface area (Å²) in [5, 5.41) is 15.7. The number of carbonyl (C=O) groups is 2. The van der Waals surface area contributed by atoms with Crippen molar-refractivity contribution in [1.82, 2.24) is 0 Å². The molecule has 2 N–H and O–H groups in total. The van der Waals surface area contributed by atoms with E-state index < -0.39 is 16.7 Å². The molecule has 118 valence electrons. The number of benzene rings is 2. The van der Waals surface area contributed by atoms with Crippen LogP contribution in [0.25, 0.3) is 0 Å². The Morgan fingerprint density at radius 1 is 0.913 bits per heavy atom. The minimum atomic E-state index is -0.972. The van der Waals surface area contributed by atoms with Crippen LogP contribution in [0, 0.1) is 24.0 Å². The predicted molar refractivity (Wildman–Crippen MR) is 86.3 cm³/mol. The molecule has 2 aromatic carbocycles. The van der Waals surface area contributed by atoms with E-state index in [1.54, 1.807) is 12.1 Å². The molecule has 7 heteroatoms. The van der Waals surface area contributed by atoms with Crippen LogP contribution in [0.1, 0.15) is 11.1 Å². The zero-order valence-electron chi connectivity index (χ0n) is 12.6. The van der Waals surface area contributed by atoms with Gasteiger partial charge in [0.05, 0.1) is 4.92 Å². The van der Waals surface area contributed by atoms with Gasteiger partial charge < -0.3 is 10.6 Å². The summed E-state index contributed by atoms with van der Waals surface area (Å²) in [4.78, 5) is 34.2. The van der Waals surface area contributed by atoms with Gasteiger partial charge in [-0.15, -0.1) is 0 Å². The molecule has 0 saturated carbocycles. The molecule has 0 saturated heterocycles. The van der Waals surface area contributed by atoms with Crippen LogP contribution in [0.2, 0.25) is 0 Å². The van der Waals surface area contributed by atoms with Crippen LogP contribution in [-0.2, 0) is 9.59 Å². The molecule has 2 rings (SSSR count). The number of nitrogens with one attached hydrogen (secondary N) is 2. The number of para-hydroxylation sites is 2. The Labute approximate surface area is 132 Å². The molecule has 0 spiro atoms. The normalized spacial score (nSPS) is 10.0. The van der Waals surface area contributed by atoms with Gasteiger partial charge in [-0.3, -0.25) is 19.7 Å². The Morgan fingerprint density at radius 2 is 1.48 bits per heavy atom. The second-order valence-corrected chi connectivity index (χ2v) is 4.93. The first kappa shape index (κ1) is 16.2. The zero-order chi connectivity index (χ0) is 17.0. The molecule has 7 nitrogen and oxygen atoms in total. The summed E-state index contributed by atoms with van der Waals surface area (Å²) in [6.07, 6.45) is 0. The molecule has 0 aliphatic rings. The van der Waals surface area contributed by atoms with E-state index in [1.165, 1.54) is 24.3 Å². The van der Waals surface area contributed by atoms with Crippen molar-refractivity contribution in [1.29, 1.82) is 0 Å². The zero-order valence-corrected chi connectivity index (χ0v) is 12.6. The van der Waals surface area contributed by atoms with E-state index in [0.29, 0.717) is 5.69 Å². The number of nitro benzene ring substituents is 1. The van der Waals surface area contributed by atoms with Crippen molar-refractivity contribution in [3.8, 4) is 0 Å². The largest absolute Gasteiger partial charge is 0.318 e. The standard InChI is InChI=1S/C16H15N3O4/c1-10-6-5-8-12(11(10)2)17-15(20)16(21)18-13-7-3-4-9-14(13)19(22)23/h3-9H,1-2H3,(H,17,20)(H,18,21). The average molecular weight is 313 g/mol. The molecule has 0 heterocycles. The van der Waals surface area contributed by atoms with Crippen molar-refractivity contribution in [3.05, 3.63) is 63.7 Å². The molecule has 2 aromatic rings. The second kappa shape index (κ2) is 6.69. The lowest BCUT2D eigenvalue weighted by molar-refractivity contribution is -0.383. The lowest BCUT2D eigenvalue weighted by Gasteiger charge is -2.10. The fourth-order valence-corrected chi connectivity index (χ4v) is 1.98. The van der Waals surface area contributed by atoms with E-state index in [-0.39, 0.29) is 11.4 Å². The van der Waals surface area contributed by atoms with Gasteiger partial charge in [-0.2, -0.15) is 0 Å². The quantitative estimate of drug-likeness (QED) is 0.517. The van der Waals surface area contributed by atoms with Crippen LogP contribution in [0.4, 0.5) is 17.1 Å². The highest BCUT2D eigenvalue weighted by molar-refractivity contribution is 6.43. The van der Waals surface area contributed by atoms with Crippen LogP contribution >= 0.6 is 0 Å². The topological polar surface area (TPSA) is 101 Å². The summed E-state index contributed by atoms with van der Waals surface area (Å²) in [5.74, 6) is -1.86. The van der Waals surface area contributed by atoms with E-state index in [1.807, 2.05) is 19.9 Å². The minimum absolute atomic E-state index is 0.0291. The fraction of sp³-hybridized carbons (Fsp3) is 0.125. The lowest BCUT2D eigenvalue weighted by Crippen LogP contribution is -2.29. The van der Waals surface area contributed by atoms with Crippen LogP contribution in [0.3, 0.4) is 0 Å². The van der Waals surface area contributed by atoms with Gasteiger partial charge in [0.15, 0.2) is 0 Å². The average Bonchev–Trinajstić information content (AvgIpc) is 2.52. The number of nitro groups is 1. The summed E-state index contributed by atoms with van der Waals surface area (Å²) in [7, 11) is 0. The minimum Gasteiger partial charge on any atom is -0.318 e. The van der Waals surface area contributed by atoms with Gasteiger partial charge in [-0.25, -0.2) is 0 Å². The Balaban J connectivity index is 2.14. The summed E-state index contributed by atoms with van der Waals surface area (Å²) >= 11 is 0. The maximum atomic E-state index is 12.0. The van der Waals surface area contributed by atoms with Gasteiger partial charge in [0, 0.05) is 11.8 Å². The number of anilines is 2. The van der Waals surface area contributed by atoms with E-state index in [0.717, 1.165) is 11.1 Å². The molecule has 0 aromatic heterocycles. The first-order valence-electron chi connectivity index (χ1n) is 6.82. The van der Waals surface area contributed by atoms with Crippen molar-refractivity contribution >= 4 is 28.9 Å². The number of aryl methyl sites for hydroxylation is 1. The van der Waals surface area contributed by atoms with E-state index in [2.05, 4.69) is 10.6 Å². The van der Waals surface area contributed by atoms with Gasteiger partial charge >= 0.3 is 11.8 Å². The molecule has 0 fully saturated rings. The van der Waals surface area contributed by atoms with Gasteiger partial charge in [0.25, 0.3) is 5.69 Å². The van der Waals surface area contributed by atoms with E-state index >= 15 is 0 Å². The Kier molecular flexibility index (Phi) is 4.70. The number of hydrogen-bond acceptors (Lipinski definition) is 4. The number of carbonyl (C=O) groups excluding carboxylic acids is 2. The molecular formula is C16H15N3O4. The molecule has 0 aliphatic heterocycles. The van der Waals surface area contributed by atoms with E-state index in [9.17, 15) is 19.7 Å². The predicted octanol–water partition coefficient (Wildman–Crippen LogP) is 2.79. The van der Waals surface area contributed by atoms with Gasteiger partial charge in [0.1, 0.15) is 5.69 Å². The van der Waals surface area contributed by atoms with E-state index in [4.69, 9.17) is 0 Å². The SMILES string of the molecule is Cc1cccc(NC(=O)C(=O)Nc2ccccc2[N+](=O)[O-])c1C. The van der Waals surface area contributed by atoms with Crippen molar-refractivity contribution in [3.63, 3.8) is 0 Å². The second-order valence-electron chi connectivity index (χ2n) is 4.93. The Bertz CT molecular complexity index is 787. The number of rotatable bonds is 3. The summed E-state index contributed by atoms with van der Waals surface area (Å²) in [5.41, 5.74) is 2.04. The monoisotopic (exact) mass is 313 g/mol. The van der Waals surface area contributed by atoms with Crippen LogP contribution in [0.5, 0.6) is 0 Å². The van der Waals surface area contributed by atoms with Crippen LogP contribution in [-0.4, -0.2) is 16.7 Å². The summed E-state index contributed by atoms with van der Waals surface area (Å²) < 4.78 is 0. The molecule has 0 radical (unpaired) electrons. The van der Waals surface area contributed by atoms with Gasteiger partial charge in [-0.05, 0) is 37.1 Å². The summed E-state index contributed by atoms with van der Waals surface area (Å²) in [6.45, 7) is 3.71. The highest BCUT2D eigenvalue weighted by Gasteiger charge is 2.20. The fourth-order valence-electron chi connectivity index (χ4n) is 1.98. The third-order valence-corrected chi connectivity index (χ3v) is 3.41. The molecular weight excluding hydrogens is 298 g/mol.